The van der Waals surface area contributed by atoms with Gasteiger partial charge < -0.3 is 15.7 Å². The van der Waals surface area contributed by atoms with Crippen LogP contribution in [0.4, 0.5) is 4.39 Å². The molecule has 0 aliphatic rings. The van der Waals surface area contributed by atoms with Crippen molar-refractivity contribution in [3.05, 3.63) is 57.8 Å². The van der Waals surface area contributed by atoms with Gasteiger partial charge in [0.25, 0.3) is 0 Å². The first-order chi connectivity index (χ1) is 9.52. The number of ether oxygens (including phenoxy) is 1. The van der Waals surface area contributed by atoms with E-state index in [1.165, 1.54) is 12.1 Å². The summed E-state index contributed by atoms with van der Waals surface area (Å²) in [6.45, 7) is 1.65. The van der Waals surface area contributed by atoms with Crippen LogP contribution < -0.4 is 10.5 Å². The van der Waals surface area contributed by atoms with Crippen LogP contribution in [0.3, 0.4) is 0 Å². The number of amidine groups is 1. The fourth-order valence-corrected chi connectivity index (χ4v) is 2.25. The molecule has 2 aromatic rings. The number of aryl methyl sites for hydroxylation is 1. The summed E-state index contributed by atoms with van der Waals surface area (Å²) in [6.07, 6.45) is 0. The second-order valence-electron chi connectivity index (χ2n) is 4.11. The van der Waals surface area contributed by atoms with Crippen molar-refractivity contribution in [3.8, 4) is 11.5 Å². The number of halogens is 2. The minimum absolute atomic E-state index is 0.0775. The maximum Gasteiger partial charge on any atom is 0.175 e. The van der Waals surface area contributed by atoms with Crippen molar-refractivity contribution in [1.82, 2.24) is 0 Å². The summed E-state index contributed by atoms with van der Waals surface area (Å²) in [5.41, 5.74) is 6.54. The van der Waals surface area contributed by atoms with E-state index in [2.05, 4.69) is 21.1 Å². The van der Waals surface area contributed by atoms with Gasteiger partial charge in [-0.05, 0) is 58.7 Å². The molecule has 0 fully saturated rings. The summed E-state index contributed by atoms with van der Waals surface area (Å²) < 4.78 is 19.5. The van der Waals surface area contributed by atoms with Gasteiger partial charge in [0.05, 0.1) is 5.56 Å². The summed E-state index contributed by atoms with van der Waals surface area (Å²) in [4.78, 5) is 0. The third kappa shape index (κ3) is 2.91. The highest BCUT2D eigenvalue weighted by molar-refractivity contribution is 9.10. The van der Waals surface area contributed by atoms with E-state index in [4.69, 9.17) is 15.7 Å². The number of hydrogen-bond donors (Lipinski definition) is 2. The minimum atomic E-state index is -0.303. The van der Waals surface area contributed by atoms with Crippen molar-refractivity contribution < 1.29 is 14.3 Å². The molecule has 0 radical (unpaired) electrons. The molecule has 0 amide bonds. The van der Waals surface area contributed by atoms with Crippen LogP contribution >= 0.6 is 15.9 Å². The van der Waals surface area contributed by atoms with Gasteiger partial charge in [-0.1, -0.05) is 11.2 Å². The molecule has 104 valence electrons. The van der Waals surface area contributed by atoms with Gasteiger partial charge in [0.2, 0.25) is 0 Å². The molecule has 0 unspecified atom stereocenters. The number of nitrogens with zero attached hydrogens (tertiary/aromatic N) is 1. The summed E-state index contributed by atoms with van der Waals surface area (Å²) in [5, 5.41) is 11.8. The van der Waals surface area contributed by atoms with E-state index in [1.807, 2.05) is 0 Å². The SMILES string of the molecule is Cc1cc(Oc2cccc(Br)c2/C(N)=N/O)ccc1F. The molecule has 0 heterocycles. The van der Waals surface area contributed by atoms with Crippen molar-refractivity contribution in [3.63, 3.8) is 0 Å². The second kappa shape index (κ2) is 5.92. The van der Waals surface area contributed by atoms with Crippen LogP contribution in [0.25, 0.3) is 0 Å². The van der Waals surface area contributed by atoms with Crippen LogP contribution in [0, 0.1) is 12.7 Å². The highest BCUT2D eigenvalue weighted by Crippen LogP contribution is 2.31. The Labute approximate surface area is 123 Å². The Morgan fingerprint density at radius 2 is 2.10 bits per heavy atom. The molecule has 0 saturated heterocycles. The number of benzene rings is 2. The summed E-state index contributed by atoms with van der Waals surface area (Å²) >= 11 is 3.32. The third-order valence-corrected chi connectivity index (χ3v) is 3.36. The normalized spacial score (nSPS) is 11.4. The largest absolute Gasteiger partial charge is 0.457 e. The maximum atomic E-state index is 13.2. The molecule has 0 aliphatic carbocycles. The molecular formula is C14H12BrFN2O2. The first-order valence-electron chi connectivity index (χ1n) is 5.73. The van der Waals surface area contributed by atoms with Crippen LogP contribution in [0.5, 0.6) is 11.5 Å². The summed E-state index contributed by atoms with van der Waals surface area (Å²) in [5.74, 6) is 0.490. The average Bonchev–Trinajstić information content (AvgIpc) is 2.42. The molecule has 0 bridgehead atoms. The lowest BCUT2D eigenvalue weighted by Gasteiger charge is -2.12. The lowest BCUT2D eigenvalue weighted by molar-refractivity contribution is 0.318. The van der Waals surface area contributed by atoms with Crippen molar-refractivity contribution >= 4 is 21.8 Å². The van der Waals surface area contributed by atoms with Crippen molar-refractivity contribution in [2.45, 2.75) is 6.92 Å². The van der Waals surface area contributed by atoms with E-state index in [0.717, 1.165) is 0 Å². The average molecular weight is 339 g/mol. The van der Waals surface area contributed by atoms with Crippen molar-refractivity contribution in [2.24, 2.45) is 10.9 Å². The highest BCUT2D eigenvalue weighted by Gasteiger charge is 2.13. The molecule has 3 N–H and O–H groups in total. The van der Waals surface area contributed by atoms with Crippen LogP contribution in [-0.2, 0) is 0 Å². The lowest BCUT2D eigenvalue weighted by Crippen LogP contribution is -2.15. The predicted octanol–water partition coefficient (Wildman–Crippen LogP) is 3.78. The Hall–Kier alpha value is -2.08. The van der Waals surface area contributed by atoms with Gasteiger partial charge in [0, 0.05) is 4.47 Å². The van der Waals surface area contributed by atoms with Gasteiger partial charge >= 0.3 is 0 Å². The Morgan fingerprint density at radius 3 is 2.75 bits per heavy atom. The van der Waals surface area contributed by atoms with Gasteiger partial charge in [0.1, 0.15) is 17.3 Å². The molecule has 6 heteroatoms. The Balaban J connectivity index is 2.43. The molecule has 0 atom stereocenters. The zero-order valence-corrected chi connectivity index (χ0v) is 12.2. The monoisotopic (exact) mass is 338 g/mol. The van der Waals surface area contributed by atoms with Gasteiger partial charge in [-0.3, -0.25) is 0 Å². The molecule has 2 rings (SSSR count). The van der Waals surface area contributed by atoms with Gasteiger partial charge in [-0.25, -0.2) is 4.39 Å². The molecule has 2 aromatic carbocycles. The maximum absolute atomic E-state index is 13.2. The molecule has 20 heavy (non-hydrogen) atoms. The quantitative estimate of drug-likeness (QED) is 0.387. The van der Waals surface area contributed by atoms with E-state index >= 15 is 0 Å². The molecule has 0 aliphatic heterocycles. The van der Waals surface area contributed by atoms with Gasteiger partial charge in [0.15, 0.2) is 5.84 Å². The zero-order valence-electron chi connectivity index (χ0n) is 10.6. The molecule has 0 saturated carbocycles. The molecule has 4 nitrogen and oxygen atoms in total. The Kier molecular flexibility index (Phi) is 4.24. The number of oxime groups is 1. The van der Waals surface area contributed by atoms with Crippen LogP contribution in [0.1, 0.15) is 11.1 Å². The topological polar surface area (TPSA) is 67.8 Å². The summed E-state index contributed by atoms with van der Waals surface area (Å²) in [7, 11) is 0. The predicted molar refractivity (Wildman–Crippen MR) is 77.9 cm³/mol. The summed E-state index contributed by atoms with van der Waals surface area (Å²) in [6, 6.07) is 9.59. The van der Waals surface area contributed by atoms with Gasteiger partial charge in [-0.15, -0.1) is 0 Å². The molecule has 0 aromatic heterocycles. The minimum Gasteiger partial charge on any atom is -0.457 e. The number of nitrogens with two attached hydrogens (primary N) is 1. The first kappa shape index (κ1) is 14.3. The van der Waals surface area contributed by atoms with Crippen molar-refractivity contribution in [1.29, 1.82) is 0 Å². The van der Waals surface area contributed by atoms with Crippen molar-refractivity contribution in [2.75, 3.05) is 0 Å². The molecule has 0 spiro atoms. The zero-order chi connectivity index (χ0) is 14.7. The fraction of sp³-hybridized carbons (Fsp3) is 0.0714. The fourth-order valence-electron chi connectivity index (χ4n) is 1.70. The first-order valence-corrected chi connectivity index (χ1v) is 6.52. The Morgan fingerprint density at radius 1 is 1.35 bits per heavy atom. The number of rotatable bonds is 3. The lowest BCUT2D eigenvalue weighted by atomic mass is 10.2. The number of hydrogen-bond acceptors (Lipinski definition) is 3. The van der Waals surface area contributed by atoms with Crippen LogP contribution in [-0.4, -0.2) is 11.0 Å². The van der Waals surface area contributed by atoms with Crippen LogP contribution in [0.2, 0.25) is 0 Å². The van der Waals surface area contributed by atoms with E-state index in [9.17, 15) is 4.39 Å². The van der Waals surface area contributed by atoms with E-state index in [1.54, 1.807) is 31.2 Å². The van der Waals surface area contributed by atoms with Crippen LogP contribution in [0.15, 0.2) is 46.0 Å². The Bertz CT molecular complexity index is 674. The smallest absolute Gasteiger partial charge is 0.175 e. The van der Waals surface area contributed by atoms with E-state index < -0.39 is 0 Å². The standard InChI is InChI=1S/C14H12BrFN2O2/c1-8-7-9(5-6-11(8)16)20-12-4-2-3-10(15)13(12)14(17)18-19/h2-7,19H,1H3,(H2,17,18). The highest BCUT2D eigenvalue weighted by atomic mass is 79.9. The molecular weight excluding hydrogens is 327 g/mol. The van der Waals surface area contributed by atoms with E-state index in [-0.39, 0.29) is 11.7 Å². The second-order valence-corrected chi connectivity index (χ2v) is 4.97. The van der Waals surface area contributed by atoms with Gasteiger partial charge in [-0.2, -0.15) is 0 Å². The third-order valence-electron chi connectivity index (χ3n) is 2.70. The van der Waals surface area contributed by atoms with E-state index in [0.29, 0.717) is 27.1 Å².